The molecule has 0 amide bonds. The van der Waals surface area contributed by atoms with Gasteiger partial charge in [0.1, 0.15) is 5.75 Å². The van der Waals surface area contributed by atoms with E-state index in [1.54, 1.807) is 0 Å². The summed E-state index contributed by atoms with van der Waals surface area (Å²) in [6, 6.07) is 7.34. The molecule has 0 spiro atoms. The SMILES string of the molecule is OCc1ccccc1OCc1nc(C2CC2)no1. The molecule has 0 atom stereocenters. The number of rotatable bonds is 5. The van der Waals surface area contributed by atoms with Gasteiger partial charge in [0.2, 0.25) is 0 Å². The van der Waals surface area contributed by atoms with Crippen LogP contribution in [0.15, 0.2) is 28.8 Å². The topological polar surface area (TPSA) is 68.4 Å². The van der Waals surface area contributed by atoms with Crippen molar-refractivity contribution in [3.05, 3.63) is 41.5 Å². The van der Waals surface area contributed by atoms with Crippen LogP contribution in [0.2, 0.25) is 0 Å². The summed E-state index contributed by atoms with van der Waals surface area (Å²) < 4.78 is 10.7. The summed E-state index contributed by atoms with van der Waals surface area (Å²) in [5.41, 5.74) is 0.749. The van der Waals surface area contributed by atoms with Gasteiger partial charge in [0, 0.05) is 11.5 Å². The Morgan fingerprint density at radius 1 is 1.33 bits per heavy atom. The summed E-state index contributed by atoms with van der Waals surface area (Å²) in [5.74, 6) is 2.38. The van der Waals surface area contributed by atoms with Gasteiger partial charge in [-0.2, -0.15) is 4.98 Å². The Hall–Kier alpha value is -1.88. The summed E-state index contributed by atoms with van der Waals surface area (Å²) >= 11 is 0. The van der Waals surface area contributed by atoms with E-state index in [1.165, 1.54) is 0 Å². The number of nitrogens with zero attached hydrogens (tertiary/aromatic N) is 2. The van der Waals surface area contributed by atoms with Crippen molar-refractivity contribution in [2.45, 2.75) is 32.0 Å². The highest BCUT2D eigenvalue weighted by atomic mass is 16.5. The molecule has 1 aromatic heterocycles. The van der Waals surface area contributed by atoms with Crippen LogP contribution in [0.4, 0.5) is 0 Å². The van der Waals surface area contributed by atoms with Gasteiger partial charge in [-0.1, -0.05) is 23.4 Å². The second kappa shape index (κ2) is 4.78. The lowest BCUT2D eigenvalue weighted by Crippen LogP contribution is -1.99. The van der Waals surface area contributed by atoms with E-state index in [4.69, 9.17) is 14.4 Å². The quantitative estimate of drug-likeness (QED) is 0.874. The Kier molecular flexibility index (Phi) is 2.98. The van der Waals surface area contributed by atoms with Crippen molar-refractivity contribution in [2.24, 2.45) is 0 Å². The first kappa shape index (κ1) is 11.2. The van der Waals surface area contributed by atoms with Gasteiger partial charge in [0.15, 0.2) is 12.4 Å². The number of hydrogen-bond acceptors (Lipinski definition) is 5. The largest absolute Gasteiger partial charge is 0.483 e. The summed E-state index contributed by atoms with van der Waals surface area (Å²) in [4.78, 5) is 4.28. The molecule has 1 heterocycles. The van der Waals surface area contributed by atoms with E-state index in [1.807, 2.05) is 24.3 Å². The molecule has 1 N–H and O–H groups in total. The molecule has 5 heteroatoms. The summed E-state index contributed by atoms with van der Waals surface area (Å²) in [6.07, 6.45) is 2.29. The van der Waals surface area contributed by atoms with Crippen LogP contribution in [0.1, 0.15) is 36.0 Å². The normalized spacial score (nSPS) is 14.7. The molecule has 0 bridgehead atoms. The number of aliphatic hydroxyl groups excluding tert-OH is 1. The Morgan fingerprint density at radius 2 is 2.17 bits per heavy atom. The average Bonchev–Trinajstić information content (AvgIpc) is 3.16. The van der Waals surface area contributed by atoms with Crippen LogP contribution in [0.25, 0.3) is 0 Å². The third-order valence-electron chi connectivity index (χ3n) is 2.92. The molecule has 1 aliphatic rings. The van der Waals surface area contributed by atoms with E-state index < -0.39 is 0 Å². The molecular formula is C13H14N2O3. The highest BCUT2D eigenvalue weighted by Crippen LogP contribution is 2.38. The zero-order chi connectivity index (χ0) is 12.4. The van der Waals surface area contributed by atoms with Gasteiger partial charge in [0.25, 0.3) is 5.89 Å². The van der Waals surface area contributed by atoms with Crippen molar-refractivity contribution in [2.75, 3.05) is 0 Å². The van der Waals surface area contributed by atoms with Crippen molar-refractivity contribution in [1.82, 2.24) is 10.1 Å². The van der Waals surface area contributed by atoms with Crippen molar-refractivity contribution in [3.63, 3.8) is 0 Å². The molecule has 0 radical (unpaired) electrons. The van der Waals surface area contributed by atoms with Crippen molar-refractivity contribution in [3.8, 4) is 5.75 Å². The number of aliphatic hydroxyl groups is 1. The van der Waals surface area contributed by atoms with Crippen LogP contribution in [0.5, 0.6) is 5.75 Å². The second-order valence-electron chi connectivity index (χ2n) is 4.38. The number of benzene rings is 1. The lowest BCUT2D eigenvalue weighted by atomic mass is 10.2. The van der Waals surface area contributed by atoms with Gasteiger partial charge in [-0.3, -0.25) is 0 Å². The molecule has 1 saturated carbocycles. The summed E-state index contributed by atoms with van der Waals surface area (Å²) in [7, 11) is 0. The second-order valence-corrected chi connectivity index (χ2v) is 4.38. The lowest BCUT2D eigenvalue weighted by Gasteiger charge is -2.07. The van der Waals surface area contributed by atoms with E-state index in [2.05, 4.69) is 10.1 Å². The average molecular weight is 246 g/mol. The van der Waals surface area contributed by atoms with Crippen molar-refractivity contribution >= 4 is 0 Å². The van der Waals surface area contributed by atoms with Crippen LogP contribution in [-0.4, -0.2) is 15.2 Å². The minimum absolute atomic E-state index is 0.0483. The first-order valence-corrected chi connectivity index (χ1v) is 6.01. The van der Waals surface area contributed by atoms with Gasteiger partial charge >= 0.3 is 0 Å². The van der Waals surface area contributed by atoms with Gasteiger partial charge in [-0.05, 0) is 18.9 Å². The molecule has 1 aliphatic carbocycles. The highest BCUT2D eigenvalue weighted by Gasteiger charge is 2.28. The fraction of sp³-hybridized carbons (Fsp3) is 0.385. The monoisotopic (exact) mass is 246 g/mol. The zero-order valence-electron chi connectivity index (χ0n) is 9.87. The van der Waals surface area contributed by atoms with Crippen LogP contribution in [0.3, 0.4) is 0 Å². The highest BCUT2D eigenvalue weighted by molar-refractivity contribution is 5.32. The van der Waals surface area contributed by atoms with Crippen LogP contribution in [0, 0.1) is 0 Å². The van der Waals surface area contributed by atoms with Gasteiger partial charge in [0.05, 0.1) is 6.61 Å². The Labute approximate surface area is 104 Å². The van der Waals surface area contributed by atoms with Crippen molar-refractivity contribution in [1.29, 1.82) is 0 Å². The lowest BCUT2D eigenvalue weighted by molar-refractivity contribution is 0.228. The van der Waals surface area contributed by atoms with Gasteiger partial charge in [-0.25, -0.2) is 0 Å². The Balaban J connectivity index is 1.65. The molecule has 3 rings (SSSR count). The van der Waals surface area contributed by atoms with Gasteiger partial charge < -0.3 is 14.4 Å². The number of ether oxygens (including phenoxy) is 1. The number of hydrogen-bond donors (Lipinski definition) is 1. The predicted octanol–water partition coefficient (Wildman–Crippen LogP) is 2.02. The van der Waals surface area contributed by atoms with Crippen molar-refractivity contribution < 1.29 is 14.4 Å². The summed E-state index contributed by atoms with van der Waals surface area (Å²) in [6.45, 7) is 0.185. The third-order valence-corrected chi connectivity index (χ3v) is 2.92. The fourth-order valence-corrected chi connectivity index (χ4v) is 1.75. The first-order chi connectivity index (χ1) is 8.86. The molecule has 2 aromatic rings. The minimum atomic E-state index is -0.0483. The Morgan fingerprint density at radius 3 is 2.94 bits per heavy atom. The Bertz CT molecular complexity index is 535. The molecule has 1 fully saturated rings. The molecule has 0 saturated heterocycles. The van der Waals surface area contributed by atoms with E-state index >= 15 is 0 Å². The van der Waals surface area contributed by atoms with E-state index in [9.17, 15) is 0 Å². The summed E-state index contributed by atoms with van der Waals surface area (Å²) in [5, 5.41) is 13.1. The van der Waals surface area contributed by atoms with E-state index in [0.29, 0.717) is 17.6 Å². The number of para-hydroxylation sites is 1. The molecule has 0 aliphatic heterocycles. The molecule has 0 unspecified atom stereocenters. The minimum Gasteiger partial charge on any atom is -0.483 e. The van der Waals surface area contributed by atoms with E-state index in [-0.39, 0.29) is 13.2 Å². The van der Waals surface area contributed by atoms with Crippen LogP contribution < -0.4 is 4.74 Å². The fourth-order valence-electron chi connectivity index (χ4n) is 1.75. The molecular weight excluding hydrogens is 232 g/mol. The van der Waals surface area contributed by atoms with Crippen LogP contribution in [-0.2, 0) is 13.2 Å². The standard InChI is InChI=1S/C13H14N2O3/c16-7-10-3-1-2-4-11(10)17-8-12-14-13(15-18-12)9-5-6-9/h1-4,9,16H,5-8H2. The maximum atomic E-state index is 9.17. The maximum absolute atomic E-state index is 9.17. The molecule has 1 aromatic carbocycles. The van der Waals surface area contributed by atoms with Crippen LogP contribution >= 0.6 is 0 Å². The molecule has 94 valence electrons. The zero-order valence-corrected chi connectivity index (χ0v) is 9.87. The number of aromatic nitrogens is 2. The molecule has 5 nitrogen and oxygen atoms in total. The third kappa shape index (κ3) is 2.36. The van der Waals surface area contributed by atoms with Gasteiger partial charge in [-0.15, -0.1) is 0 Å². The molecule has 18 heavy (non-hydrogen) atoms. The van der Waals surface area contributed by atoms with E-state index in [0.717, 1.165) is 24.2 Å². The first-order valence-electron chi connectivity index (χ1n) is 6.01. The maximum Gasteiger partial charge on any atom is 0.264 e. The smallest absolute Gasteiger partial charge is 0.264 e. The predicted molar refractivity (Wildman–Crippen MR) is 63.0 cm³/mol.